The summed E-state index contributed by atoms with van der Waals surface area (Å²) in [4.78, 5) is 21.1. The van der Waals surface area contributed by atoms with Crippen LogP contribution in [0.15, 0.2) is 16.9 Å². The third-order valence-electron chi connectivity index (χ3n) is 1.44. The van der Waals surface area contributed by atoms with Gasteiger partial charge in [-0.1, -0.05) is 0 Å². The van der Waals surface area contributed by atoms with E-state index in [9.17, 15) is 22.8 Å². The molecule has 0 aromatic carbocycles. The van der Waals surface area contributed by atoms with Crippen LogP contribution in [0, 0.1) is 0 Å². The second-order valence-corrected chi connectivity index (χ2v) is 2.61. The summed E-state index contributed by atoms with van der Waals surface area (Å²) in [6.45, 7) is -0.900. The molecule has 0 saturated carbocycles. The molecule has 1 aromatic rings. The fourth-order valence-electron chi connectivity index (χ4n) is 0.842. The molecule has 0 bridgehead atoms. The van der Waals surface area contributed by atoms with Crippen molar-refractivity contribution in [2.45, 2.75) is 12.7 Å². The highest BCUT2D eigenvalue weighted by molar-refractivity contribution is 5.66. The first-order valence-corrected chi connectivity index (χ1v) is 3.68. The van der Waals surface area contributed by atoms with Gasteiger partial charge in [0, 0.05) is 6.07 Å². The summed E-state index contributed by atoms with van der Waals surface area (Å²) < 4.78 is 36.6. The van der Waals surface area contributed by atoms with Crippen molar-refractivity contribution in [3.05, 3.63) is 28.2 Å². The number of nitrogens with zero attached hydrogens (tertiary/aromatic N) is 2. The first kappa shape index (κ1) is 11.2. The van der Waals surface area contributed by atoms with Gasteiger partial charge in [-0.05, 0) is 6.07 Å². The van der Waals surface area contributed by atoms with Gasteiger partial charge >= 0.3 is 12.1 Å². The average Bonchev–Trinajstić information content (AvgIpc) is 2.06. The molecule has 0 radical (unpaired) electrons. The van der Waals surface area contributed by atoms with Crippen molar-refractivity contribution < 1.29 is 23.1 Å². The molecule has 82 valence electrons. The molecule has 1 N–H and O–H groups in total. The zero-order valence-corrected chi connectivity index (χ0v) is 7.15. The number of hydrogen-bond donors (Lipinski definition) is 1. The molecule has 0 aliphatic carbocycles. The van der Waals surface area contributed by atoms with Gasteiger partial charge in [0.15, 0.2) is 5.69 Å². The molecule has 0 saturated heterocycles. The number of rotatable bonds is 2. The van der Waals surface area contributed by atoms with E-state index in [1.807, 2.05) is 0 Å². The zero-order valence-electron chi connectivity index (χ0n) is 7.15. The Morgan fingerprint density at radius 3 is 2.53 bits per heavy atom. The molecule has 0 aliphatic rings. The van der Waals surface area contributed by atoms with E-state index in [1.165, 1.54) is 0 Å². The zero-order chi connectivity index (χ0) is 11.6. The molecule has 5 nitrogen and oxygen atoms in total. The van der Waals surface area contributed by atoms with Gasteiger partial charge in [-0.15, -0.1) is 0 Å². The van der Waals surface area contributed by atoms with E-state index in [1.54, 1.807) is 0 Å². The monoisotopic (exact) mass is 222 g/mol. The first-order chi connectivity index (χ1) is 6.80. The van der Waals surface area contributed by atoms with Gasteiger partial charge in [-0.3, -0.25) is 9.59 Å². The lowest BCUT2D eigenvalue weighted by Gasteiger charge is -2.07. The number of alkyl halides is 3. The normalized spacial score (nSPS) is 11.4. The minimum atomic E-state index is -4.70. The van der Waals surface area contributed by atoms with Crippen molar-refractivity contribution in [2.75, 3.05) is 0 Å². The first-order valence-electron chi connectivity index (χ1n) is 3.68. The molecule has 0 spiro atoms. The van der Waals surface area contributed by atoms with Crippen LogP contribution in [0.3, 0.4) is 0 Å². The number of carboxylic acid groups (broad SMARTS) is 1. The van der Waals surface area contributed by atoms with Gasteiger partial charge in [0.2, 0.25) is 0 Å². The Kier molecular flexibility index (Phi) is 2.78. The van der Waals surface area contributed by atoms with Crippen LogP contribution in [0.5, 0.6) is 0 Å². The third-order valence-corrected chi connectivity index (χ3v) is 1.44. The minimum Gasteiger partial charge on any atom is -0.480 e. The molecule has 1 heterocycles. The maximum atomic E-state index is 12.1. The van der Waals surface area contributed by atoms with Gasteiger partial charge < -0.3 is 5.11 Å². The largest absolute Gasteiger partial charge is 0.480 e. The molecule has 0 aliphatic heterocycles. The quantitative estimate of drug-likeness (QED) is 0.783. The number of hydrogen-bond acceptors (Lipinski definition) is 3. The molecule has 0 atom stereocenters. The molecule has 15 heavy (non-hydrogen) atoms. The molecule has 0 amide bonds. The Morgan fingerprint density at radius 1 is 1.47 bits per heavy atom. The smallest absolute Gasteiger partial charge is 0.435 e. The summed E-state index contributed by atoms with van der Waals surface area (Å²) in [7, 11) is 0. The van der Waals surface area contributed by atoms with Gasteiger partial charge in [-0.25, -0.2) is 4.68 Å². The molecular formula is C7H5F3N2O3. The maximum Gasteiger partial charge on any atom is 0.435 e. The van der Waals surface area contributed by atoms with Crippen LogP contribution in [0.2, 0.25) is 0 Å². The fourth-order valence-corrected chi connectivity index (χ4v) is 0.842. The Labute approximate surface area is 80.8 Å². The van der Waals surface area contributed by atoms with Crippen molar-refractivity contribution >= 4 is 5.97 Å². The molecule has 1 aromatic heterocycles. The molecule has 1 rings (SSSR count). The van der Waals surface area contributed by atoms with Crippen molar-refractivity contribution in [3.63, 3.8) is 0 Å². The van der Waals surface area contributed by atoms with Crippen LogP contribution >= 0.6 is 0 Å². The summed E-state index contributed by atoms with van der Waals surface area (Å²) >= 11 is 0. The maximum absolute atomic E-state index is 12.1. The number of aliphatic carboxylic acids is 1. The number of carboxylic acids is 1. The second kappa shape index (κ2) is 3.71. The lowest BCUT2D eigenvalue weighted by Crippen LogP contribution is -2.28. The summed E-state index contributed by atoms with van der Waals surface area (Å²) in [5.41, 5.74) is -2.20. The lowest BCUT2D eigenvalue weighted by molar-refractivity contribution is -0.144. The SMILES string of the molecule is O=C(O)Cn1nc(C(F)(F)F)ccc1=O. The van der Waals surface area contributed by atoms with E-state index in [2.05, 4.69) is 5.10 Å². The van der Waals surface area contributed by atoms with E-state index in [0.717, 1.165) is 0 Å². The van der Waals surface area contributed by atoms with Gasteiger partial charge in [-0.2, -0.15) is 18.3 Å². The third kappa shape index (κ3) is 2.79. The standard InChI is InChI=1S/C7H5F3N2O3/c8-7(9,10)4-1-2-5(13)12(11-4)3-6(14)15/h1-2H,3H2,(H,14,15). The highest BCUT2D eigenvalue weighted by atomic mass is 19.4. The van der Waals surface area contributed by atoms with E-state index in [-0.39, 0.29) is 4.68 Å². The van der Waals surface area contributed by atoms with Crippen LogP contribution in [0.1, 0.15) is 5.69 Å². The predicted octanol–water partition coefficient (Wildman–Crippen LogP) is 0.347. The highest BCUT2D eigenvalue weighted by Crippen LogP contribution is 2.26. The van der Waals surface area contributed by atoms with Crippen LogP contribution in [0.4, 0.5) is 13.2 Å². The molecular weight excluding hydrogens is 217 g/mol. The van der Waals surface area contributed by atoms with Crippen LogP contribution < -0.4 is 5.56 Å². The lowest BCUT2D eigenvalue weighted by atomic mass is 10.4. The number of aromatic nitrogens is 2. The molecule has 0 fully saturated rings. The van der Waals surface area contributed by atoms with E-state index < -0.39 is 29.9 Å². The fraction of sp³-hybridized carbons (Fsp3) is 0.286. The number of halogens is 3. The summed E-state index contributed by atoms with van der Waals surface area (Å²) in [6, 6.07) is 1.12. The van der Waals surface area contributed by atoms with Crippen LogP contribution in [-0.4, -0.2) is 20.9 Å². The van der Waals surface area contributed by atoms with Crippen molar-refractivity contribution in [1.29, 1.82) is 0 Å². The van der Waals surface area contributed by atoms with E-state index >= 15 is 0 Å². The summed E-state index contributed by atoms with van der Waals surface area (Å²) in [5.74, 6) is -1.44. The van der Waals surface area contributed by atoms with Crippen LogP contribution in [-0.2, 0) is 17.5 Å². The predicted molar refractivity (Wildman–Crippen MR) is 41.1 cm³/mol. The minimum absolute atomic E-state index is 0.241. The van der Waals surface area contributed by atoms with Gasteiger partial charge in [0.25, 0.3) is 5.56 Å². The average molecular weight is 222 g/mol. The highest BCUT2D eigenvalue weighted by Gasteiger charge is 2.33. The summed E-state index contributed by atoms with van der Waals surface area (Å²) in [6.07, 6.45) is -4.70. The van der Waals surface area contributed by atoms with Crippen molar-refractivity contribution in [1.82, 2.24) is 9.78 Å². The summed E-state index contributed by atoms with van der Waals surface area (Å²) in [5, 5.41) is 11.2. The van der Waals surface area contributed by atoms with Gasteiger partial charge in [0.05, 0.1) is 0 Å². The van der Waals surface area contributed by atoms with Crippen molar-refractivity contribution in [3.8, 4) is 0 Å². The second-order valence-electron chi connectivity index (χ2n) is 2.61. The van der Waals surface area contributed by atoms with Gasteiger partial charge in [0.1, 0.15) is 6.54 Å². The van der Waals surface area contributed by atoms with Crippen LogP contribution in [0.25, 0.3) is 0 Å². The van der Waals surface area contributed by atoms with E-state index in [4.69, 9.17) is 5.11 Å². The topological polar surface area (TPSA) is 72.2 Å². The Balaban J connectivity index is 3.17. The molecule has 8 heteroatoms. The Hall–Kier alpha value is -1.86. The molecule has 0 unspecified atom stereocenters. The van der Waals surface area contributed by atoms with E-state index in [0.29, 0.717) is 12.1 Å². The Morgan fingerprint density at radius 2 is 2.07 bits per heavy atom. The number of carbonyl (C=O) groups is 1. The Bertz CT molecular complexity index is 438. The van der Waals surface area contributed by atoms with Crippen molar-refractivity contribution in [2.24, 2.45) is 0 Å².